The van der Waals surface area contributed by atoms with Gasteiger partial charge in [0.15, 0.2) is 0 Å². The summed E-state index contributed by atoms with van der Waals surface area (Å²) >= 11 is 0. The number of aliphatic hydroxyl groups excluding tert-OH is 1. The van der Waals surface area contributed by atoms with Crippen molar-refractivity contribution in [2.75, 3.05) is 0 Å². The second-order valence-electron chi connectivity index (χ2n) is 2.95. The molecular weight excluding hydrogens is 152 g/mol. The van der Waals surface area contributed by atoms with Gasteiger partial charge in [-0.3, -0.25) is 4.98 Å². The van der Waals surface area contributed by atoms with Crippen molar-refractivity contribution in [2.24, 2.45) is 5.73 Å². The highest BCUT2D eigenvalue weighted by Gasteiger charge is 2.10. The molecule has 0 unspecified atom stereocenters. The Hall–Kier alpha value is -0.930. The van der Waals surface area contributed by atoms with Crippen molar-refractivity contribution in [3.8, 4) is 0 Å². The summed E-state index contributed by atoms with van der Waals surface area (Å²) in [5, 5.41) is 9.41. The number of aromatic nitrogens is 1. The maximum atomic E-state index is 9.41. The normalized spacial score (nSPS) is 15.6. The summed E-state index contributed by atoms with van der Waals surface area (Å²) in [6, 6.07) is 5.43. The summed E-state index contributed by atoms with van der Waals surface area (Å²) in [4.78, 5) is 4.09. The largest absolute Gasteiger partial charge is 0.391 e. The zero-order valence-electron chi connectivity index (χ0n) is 7.14. The molecule has 3 heteroatoms. The Kier molecular flexibility index (Phi) is 3.19. The molecule has 1 heterocycles. The quantitative estimate of drug-likeness (QED) is 0.680. The SMILES string of the molecule is C[C@H](N)[C@@H](O)Cc1ccccn1. The average molecular weight is 166 g/mol. The first-order chi connectivity index (χ1) is 5.70. The molecule has 66 valence electrons. The Labute approximate surface area is 72.2 Å². The van der Waals surface area contributed by atoms with E-state index < -0.39 is 6.10 Å². The van der Waals surface area contributed by atoms with E-state index in [1.54, 1.807) is 13.1 Å². The minimum Gasteiger partial charge on any atom is -0.391 e. The summed E-state index contributed by atoms with van der Waals surface area (Å²) in [7, 11) is 0. The molecule has 0 fully saturated rings. The second kappa shape index (κ2) is 4.18. The van der Waals surface area contributed by atoms with Crippen molar-refractivity contribution < 1.29 is 5.11 Å². The van der Waals surface area contributed by atoms with Crippen LogP contribution in [0.15, 0.2) is 24.4 Å². The predicted octanol–water partition coefficient (Wildman–Crippen LogP) is 0.332. The average Bonchev–Trinajstić information content (AvgIpc) is 2.06. The Morgan fingerprint density at radius 3 is 2.83 bits per heavy atom. The molecule has 3 nitrogen and oxygen atoms in total. The molecule has 0 aliphatic heterocycles. The maximum absolute atomic E-state index is 9.41. The van der Waals surface area contributed by atoms with Crippen molar-refractivity contribution in [3.05, 3.63) is 30.1 Å². The van der Waals surface area contributed by atoms with Gasteiger partial charge in [-0.15, -0.1) is 0 Å². The molecule has 0 spiro atoms. The summed E-state index contributed by atoms with van der Waals surface area (Å²) < 4.78 is 0. The number of hydrogen-bond donors (Lipinski definition) is 2. The number of nitrogens with zero attached hydrogens (tertiary/aromatic N) is 1. The van der Waals surface area contributed by atoms with E-state index in [0.29, 0.717) is 6.42 Å². The first-order valence-electron chi connectivity index (χ1n) is 4.03. The fourth-order valence-electron chi connectivity index (χ4n) is 0.919. The molecule has 0 amide bonds. The van der Waals surface area contributed by atoms with E-state index in [-0.39, 0.29) is 6.04 Å². The van der Waals surface area contributed by atoms with E-state index >= 15 is 0 Å². The van der Waals surface area contributed by atoms with Crippen LogP contribution in [0.25, 0.3) is 0 Å². The van der Waals surface area contributed by atoms with Crippen LogP contribution in [-0.4, -0.2) is 22.2 Å². The number of hydrogen-bond acceptors (Lipinski definition) is 3. The Balaban J connectivity index is 2.53. The first kappa shape index (κ1) is 9.16. The van der Waals surface area contributed by atoms with E-state index in [0.717, 1.165) is 5.69 Å². The molecule has 12 heavy (non-hydrogen) atoms. The molecule has 1 aromatic heterocycles. The molecule has 0 radical (unpaired) electrons. The van der Waals surface area contributed by atoms with Crippen molar-refractivity contribution in [1.82, 2.24) is 4.98 Å². The number of pyridine rings is 1. The van der Waals surface area contributed by atoms with Gasteiger partial charge in [-0.05, 0) is 19.1 Å². The lowest BCUT2D eigenvalue weighted by Gasteiger charge is -2.13. The van der Waals surface area contributed by atoms with Gasteiger partial charge < -0.3 is 10.8 Å². The molecule has 1 aromatic rings. The third kappa shape index (κ3) is 2.60. The van der Waals surface area contributed by atoms with Crippen LogP contribution in [0.5, 0.6) is 0 Å². The van der Waals surface area contributed by atoms with Gasteiger partial charge in [0.1, 0.15) is 0 Å². The van der Waals surface area contributed by atoms with Crippen LogP contribution in [0.1, 0.15) is 12.6 Å². The molecule has 0 saturated heterocycles. The lowest BCUT2D eigenvalue weighted by atomic mass is 10.1. The zero-order valence-corrected chi connectivity index (χ0v) is 7.14. The van der Waals surface area contributed by atoms with E-state index in [2.05, 4.69) is 4.98 Å². The molecule has 0 aromatic carbocycles. The number of aliphatic hydroxyl groups is 1. The molecule has 0 bridgehead atoms. The van der Waals surface area contributed by atoms with Crippen LogP contribution in [0.3, 0.4) is 0 Å². The fraction of sp³-hybridized carbons (Fsp3) is 0.444. The Bertz CT molecular complexity index is 223. The second-order valence-corrected chi connectivity index (χ2v) is 2.95. The van der Waals surface area contributed by atoms with Crippen molar-refractivity contribution in [3.63, 3.8) is 0 Å². The summed E-state index contributed by atoms with van der Waals surface area (Å²) in [6.07, 6.45) is 1.74. The van der Waals surface area contributed by atoms with Crippen LogP contribution in [0.2, 0.25) is 0 Å². The number of nitrogens with two attached hydrogens (primary N) is 1. The monoisotopic (exact) mass is 166 g/mol. The lowest BCUT2D eigenvalue weighted by molar-refractivity contribution is 0.150. The van der Waals surface area contributed by atoms with Gasteiger partial charge in [0.25, 0.3) is 0 Å². The summed E-state index contributed by atoms with van der Waals surface area (Å²) in [5.74, 6) is 0. The van der Waals surface area contributed by atoms with Gasteiger partial charge in [-0.1, -0.05) is 6.07 Å². The van der Waals surface area contributed by atoms with Crippen molar-refractivity contribution in [2.45, 2.75) is 25.5 Å². The Morgan fingerprint density at radius 1 is 1.58 bits per heavy atom. The maximum Gasteiger partial charge on any atom is 0.0743 e. The lowest BCUT2D eigenvalue weighted by Crippen LogP contribution is -2.33. The molecule has 2 atom stereocenters. The van der Waals surface area contributed by atoms with Crippen LogP contribution >= 0.6 is 0 Å². The summed E-state index contributed by atoms with van der Waals surface area (Å²) in [5.41, 5.74) is 6.38. The highest BCUT2D eigenvalue weighted by molar-refractivity contribution is 5.04. The van der Waals surface area contributed by atoms with Crippen molar-refractivity contribution >= 4 is 0 Å². The van der Waals surface area contributed by atoms with Crippen molar-refractivity contribution in [1.29, 1.82) is 0 Å². The van der Waals surface area contributed by atoms with Crippen LogP contribution in [-0.2, 0) is 6.42 Å². The molecule has 0 aliphatic carbocycles. The van der Waals surface area contributed by atoms with E-state index in [1.807, 2.05) is 18.2 Å². The third-order valence-electron chi connectivity index (χ3n) is 1.75. The highest BCUT2D eigenvalue weighted by Crippen LogP contribution is 2.00. The molecular formula is C9H14N2O. The van der Waals surface area contributed by atoms with Gasteiger partial charge in [0, 0.05) is 24.4 Å². The van der Waals surface area contributed by atoms with Crippen LogP contribution < -0.4 is 5.73 Å². The van der Waals surface area contributed by atoms with E-state index in [4.69, 9.17) is 5.73 Å². The molecule has 3 N–H and O–H groups in total. The van der Waals surface area contributed by atoms with E-state index in [1.165, 1.54) is 0 Å². The zero-order chi connectivity index (χ0) is 8.97. The standard InChI is InChI=1S/C9H14N2O/c1-7(10)9(12)6-8-4-2-3-5-11-8/h2-5,7,9,12H,6,10H2,1H3/t7-,9-/m0/s1. The smallest absolute Gasteiger partial charge is 0.0743 e. The topological polar surface area (TPSA) is 59.1 Å². The van der Waals surface area contributed by atoms with Gasteiger partial charge in [0.2, 0.25) is 0 Å². The minimum atomic E-state index is -0.500. The highest BCUT2D eigenvalue weighted by atomic mass is 16.3. The minimum absolute atomic E-state index is 0.202. The third-order valence-corrected chi connectivity index (χ3v) is 1.75. The van der Waals surface area contributed by atoms with Crippen LogP contribution in [0, 0.1) is 0 Å². The van der Waals surface area contributed by atoms with Gasteiger partial charge in [-0.2, -0.15) is 0 Å². The predicted molar refractivity (Wildman–Crippen MR) is 47.6 cm³/mol. The molecule has 0 aliphatic rings. The van der Waals surface area contributed by atoms with E-state index in [9.17, 15) is 5.11 Å². The van der Waals surface area contributed by atoms with Gasteiger partial charge in [0.05, 0.1) is 6.10 Å². The number of rotatable bonds is 3. The van der Waals surface area contributed by atoms with Gasteiger partial charge in [-0.25, -0.2) is 0 Å². The molecule has 1 rings (SSSR count). The summed E-state index contributed by atoms with van der Waals surface area (Å²) in [6.45, 7) is 1.79. The molecule has 0 saturated carbocycles. The van der Waals surface area contributed by atoms with Gasteiger partial charge >= 0.3 is 0 Å². The Morgan fingerprint density at radius 2 is 2.33 bits per heavy atom. The first-order valence-corrected chi connectivity index (χ1v) is 4.03. The fourth-order valence-corrected chi connectivity index (χ4v) is 0.919. The van der Waals surface area contributed by atoms with Crippen LogP contribution in [0.4, 0.5) is 0 Å².